The number of rotatable bonds is 5. The Balaban J connectivity index is 1.17. The van der Waals surface area contributed by atoms with Crippen LogP contribution in [0.4, 0.5) is 0 Å². The maximum absolute atomic E-state index is 5.46. The third-order valence-corrected chi connectivity index (χ3v) is 10.5. The number of hydrogen-bond acceptors (Lipinski definition) is 3. The average molecular weight is 690 g/mol. The lowest BCUT2D eigenvalue weighted by molar-refractivity contribution is 1.05. The number of aromatic nitrogens is 5. The summed E-state index contributed by atoms with van der Waals surface area (Å²) in [5.41, 5.74) is 9.21. The van der Waals surface area contributed by atoms with Gasteiger partial charge in [0.05, 0.1) is 16.7 Å². The van der Waals surface area contributed by atoms with Gasteiger partial charge in [-0.2, -0.15) is 0 Å². The summed E-state index contributed by atoms with van der Waals surface area (Å²) >= 11 is 0. The molecular formula is C49H31N5. The van der Waals surface area contributed by atoms with Gasteiger partial charge in [-0.1, -0.05) is 176 Å². The average Bonchev–Trinajstić information content (AvgIpc) is 3.82. The second kappa shape index (κ2) is 12.1. The Hall–Kier alpha value is -7.37. The van der Waals surface area contributed by atoms with Crippen molar-refractivity contribution in [3.63, 3.8) is 0 Å². The Morgan fingerprint density at radius 2 is 0.833 bits per heavy atom. The number of benzene rings is 8. The lowest BCUT2D eigenvalue weighted by Crippen LogP contribution is -2.03. The van der Waals surface area contributed by atoms with E-state index in [-0.39, 0.29) is 0 Å². The molecule has 5 heteroatoms. The lowest BCUT2D eigenvalue weighted by atomic mass is 10.00. The molecular weight excluding hydrogens is 659 g/mol. The molecule has 3 aromatic heterocycles. The summed E-state index contributed by atoms with van der Waals surface area (Å²) in [6.45, 7) is 0. The molecule has 0 aliphatic heterocycles. The normalized spacial score (nSPS) is 11.7. The van der Waals surface area contributed by atoms with Crippen LogP contribution in [0.15, 0.2) is 188 Å². The molecule has 0 aliphatic carbocycles. The summed E-state index contributed by atoms with van der Waals surface area (Å²) in [5, 5.41) is 6.96. The Labute approximate surface area is 311 Å². The van der Waals surface area contributed by atoms with Crippen molar-refractivity contribution in [1.29, 1.82) is 0 Å². The van der Waals surface area contributed by atoms with Crippen molar-refractivity contribution in [3.05, 3.63) is 188 Å². The molecule has 0 atom stereocenters. The fourth-order valence-corrected chi connectivity index (χ4v) is 8.11. The van der Waals surface area contributed by atoms with Crippen molar-refractivity contribution >= 4 is 49.0 Å². The zero-order chi connectivity index (χ0) is 35.6. The van der Waals surface area contributed by atoms with Gasteiger partial charge in [-0.3, -0.25) is 8.97 Å². The molecule has 0 aliphatic rings. The van der Waals surface area contributed by atoms with Gasteiger partial charge in [0.15, 0.2) is 5.82 Å². The van der Waals surface area contributed by atoms with E-state index in [4.69, 9.17) is 15.0 Å². The van der Waals surface area contributed by atoms with E-state index in [1.165, 1.54) is 16.2 Å². The first-order chi connectivity index (χ1) is 26.8. The first kappa shape index (κ1) is 30.3. The van der Waals surface area contributed by atoms with Crippen molar-refractivity contribution in [2.75, 3.05) is 0 Å². The van der Waals surface area contributed by atoms with Crippen molar-refractivity contribution < 1.29 is 0 Å². The number of imidazole rings is 1. The van der Waals surface area contributed by atoms with Gasteiger partial charge in [-0.05, 0) is 28.5 Å². The molecule has 8 aromatic carbocycles. The maximum atomic E-state index is 5.46. The van der Waals surface area contributed by atoms with Gasteiger partial charge in [0.25, 0.3) is 0 Å². The minimum Gasteiger partial charge on any atom is -0.292 e. The highest BCUT2D eigenvalue weighted by Crippen LogP contribution is 2.41. The predicted molar refractivity (Wildman–Crippen MR) is 222 cm³/mol. The van der Waals surface area contributed by atoms with Crippen LogP contribution in [0.5, 0.6) is 0 Å². The van der Waals surface area contributed by atoms with Crippen molar-refractivity contribution in [2.24, 2.45) is 0 Å². The van der Waals surface area contributed by atoms with E-state index in [0.29, 0.717) is 5.82 Å². The first-order valence-corrected chi connectivity index (χ1v) is 18.2. The molecule has 5 nitrogen and oxygen atoms in total. The molecule has 0 unspecified atom stereocenters. The molecule has 0 fully saturated rings. The van der Waals surface area contributed by atoms with Crippen LogP contribution in [0.1, 0.15) is 0 Å². The van der Waals surface area contributed by atoms with Crippen LogP contribution in [-0.2, 0) is 0 Å². The summed E-state index contributed by atoms with van der Waals surface area (Å²) in [5.74, 6) is 2.45. The fraction of sp³-hybridized carbons (Fsp3) is 0. The molecule has 0 radical (unpaired) electrons. The second-order valence-corrected chi connectivity index (χ2v) is 13.6. The standard InChI is InChI=1S/C49H31N5/c1-4-16-33(17-5-1)46-51-48(34-18-6-2-7-19-34)54-44(41-26-14-15-27-42(41)49(54)52-46)32-28-30-35(31-29-32)47-50-43-39-24-12-10-22-37(39)38-23-11-13-25-40(38)45(43)53(47)36-20-8-3-9-21-36/h1-31H. The zero-order valence-corrected chi connectivity index (χ0v) is 29.1. The van der Waals surface area contributed by atoms with E-state index >= 15 is 0 Å². The summed E-state index contributed by atoms with van der Waals surface area (Å²) in [4.78, 5) is 15.9. The van der Waals surface area contributed by atoms with E-state index < -0.39 is 0 Å². The Kier molecular flexibility index (Phi) is 6.79. The van der Waals surface area contributed by atoms with Crippen LogP contribution in [-0.4, -0.2) is 23.9 Å². The van der Waals surface area contributed by atoms with Crippen LogP contribution in [0.3, 0.4) is 0 Å². The van der Waals surface area contributed by atoms with E-state index in [1.54, 1.807) is 0 Å². The lowest BCUT2D eigenvalue weighted by Gasteiger charge is -2.13. The molecule has 54 heavy (non-hydrogen) atoms. The van der Waals surface area contributed by atoms with Gasteiger partial charge < -0.3 is 0 Å². The molecule has 252 valence electrons. The summed E-state index contributed by atoms with van der Waals surface area (Å²) in [6, 6.07) is 65.9. The highest BCUT2D eigenvalue weighted by molar-refractivity contribution is 6.24. The van der Waals surface area contributed by atoms with Gasteiger partial charge in [-0.25, -0.2) is 15.0 Å². The second-order valence-electron chi connectivity index (χ2n) is 13.6. The molecule has 0 saturated carbocycles. The Morgan fingerprint density at radius 1 is 0.333 bits per heavy atom. The minimum absolute atomic E-state index is 0.701. The van der Waals surface area contributed by atoms with Crippen molar-refractivity contribution in [2.45, 2.75) is 0 Å². The fourth-order valence-electron chi connectivity index (χ4n) is 8.11. The largest absolute Gasteiger partial charge is 0.292 e. The summed E-state index contributed by atoms with van der Waals surface area (Å²) in [6.07, 6.45) is 0. The van der Waals surface area contributed by atoms with Crippen LogP contribution >= 0.6 is 0 Å². The Morgan fingerprint density at radius 3 is 1.52 bits per heavy atom. The third-order valence-electron chi connectivity index (χ3n) is 10.5. The molecule has 0 spiro atoms. The summed E-state index contributed by atoms with van der Waals surface area (Å²) < 4.78 is 4.56. The highest BCUT2D eigenvalue weighted by atomic mass is 15.1. The van der Waals surface area contributed by atoms with Crippen LogP contribution < -0.4 is 0 Å². The van der Waals surface area contributed by atoms with Crippen LogP contribution in [0, 0.1) is 0 Å². The smallest absolute Gasteiger partial charge is 0.163 e. The molecule has 0 bridgehead atoms. The predicted octanol–water partition coefficient (Wildman–Crippen LogP) is 12.2. The van der Waals surface area contributed by atoms with Gasteiger partial charge in [0.1, 0.15) is 17.3 Å². The van der Waals surface area contributed by atoms with E-state index in [9.17, 15) is 0 Å². The topological polar surface area (TPSA) is 48.0 Å². The van der Waals surface area contributed by atoms with Crippen molar-refractivity contribution in [3.8, 4) is 51.1 Å². The van der Waals surface area contributed by atoms with Crippen molar-refractivity contribution in [1.82, 2.24) is 23.9 Å². The Bertz CT molecular complexity index is 3180. The van der Waals surface area contributed by atoms with E-state index in [0.717, 1.165) is 78.1 Å². The molecule has 0 amide bonds. The van der Waals surface area contributed by atoms with Crippen LogP contribution in [0.25, 0.3) is 100 Å². The molecule has 11 rings (SSSR count). The van der Waals surface area contributed by atoms with E-state index in [2.05, 4.69) is 173 Å². The van der Waals surface area contributed by atoms with Gasteiger partial charge in [0, 0.05) is 43.9 Å². The minimum atomic E-state index is 0.701. The van der Waals surface area contributed by atoms with Crippen LogP contribution in [0.2, 0.25) is 0 Å². The monoisotopic (exact) mass is 689 g/mol. The number of hydrogen-bond donors (Lipinski definition) is 0. The maximum Gasteiger partial charge on any atom is 0.163 e. The quantitative estimate of drug-likeness (QED) is 0.169. The first-order valence-electron chi connectivity index (χ1n) is 18.2. The molecule has 0 N–H and O–H groups in total. The van der Waals surface area contributed by atoms with E-state index in [1.807, 2.05) is 24.3 Å². The molecule has 0 saturated heterocycles. The van der Waals surface area contributed by atoms with Gasteiger partial charge in [0.2, 0.25) is 0 Å². The third kappa shape index (κ3) is 4.62. The highest BCUT2D eigenvalue weighted by Gasteiger charge is 2.23. The molecule has 11 aromatic rings. The van der Waals surface area contributed by atoms with Gasteiger partial charge in [-0.15, -0.1) is 0 Å². The van der Waals surface area contributed by atoms with Gasteiger partial charge >= 0.3 is 0 Å². The zero-order valence-electron chi connectivity index (χ0n) is 29.1. The number of para-hydroxylation sites is 1. The number of nitrogens with zero attached hydrogens (tertiary/aromatic N) is 5. The molecule has 3 heterocycles. The SMILES string of the molecule is c1ccc(-c2nc(-c3ccccc3)n3c(-c4ccc(-c5nc6c7ccccc7c7ccccc7c6n5-c5ccccc5)cc4)c4ccccc4c3n2)cc1. The summed E-state index contributed by atoms with van der Waals surface area (Å²) in [7, 11) is 0. The number of fused-ring (bicyclic) bond motifs is 9.